The minimum absolute atomic E-state index is 0.233. The van der Waals surface area contributed by atoms with E-state index in [1.165, 1.54) is 5.56 Å². The van der Waals surface area contributed by atoms with E-state index < -0.39 is 5.97 Å². The Morgan fingerprint density at radius 2 is 1.94 bits per heavy atom. The maximum Gasteiger partial charge on any atom is 0.352 e. The van der Waals surface area contributed by atoms with Gasteiger partial charge in [-0.1, -0.05) is 24.3 Å². The molecule has 0 fully saturated rings. The van der Waals surface area contributed by atoms with Crippen molar-refractivity contribution in [1.29, 1.82) is 0 Å². The van der Waals surface area contributed by atoms with E-state index in [2.05, 4.69) is 11.1 Å². The van der Waals surface area contributed by atoms with Crippen molar-refractivity contribution in [2.24, 2.45) is 5.73 Å². The van der Waals surface area contributed by atoms with Crippen LogP contribution in [-0.4, -0.2) is 16.1 Å². The summed E-state index contributed by atoms with van der Waals surface area (Å²) in [6.45, 7) is 0.531. The molecule has 0 bridgehead atoms. The highest BCUT2D eigenvalue weighted by molar-refractivity contribution is 5.85. The second kappa shape index (κ2) is 5.51. The predicted octanol–water partition coefficient (Wildman–Crippen LogP) is 1.96. The Labute approximate surface area is 105 Å². The number of carboxylic acid groups (broad SMARTS) is 1. The zero-order valence-electron chi connectivity index (χ0n) is 10.0. The standard InChI is InChI=1S/C14H16N2O2/c15-8-12-4-2-1-3-11(12)6-5-10-7-13(14(17)18)16-9-10/h1-4,7,9,16H,5-6,8,15H2,(H,17,18). The molecule has 0 atom stereocenters. The Morgan fingerprint density at radius 1 is 1.22 bits per heavy atom. The Kier molecular flexibility index (Phi) is 3.79. The number of nitrogens with one attached hydrogen (secondary N) is 1. The maximum absolute atomic E-state index is 10.7. The van der Waals surface area contributed by atoms with Crippen molar-refractivity contribution < 1.29 is 9.90 Å². The lowest BCUT2D eigenvalue weighted by Crippen LogP contribution is -2.02. The van der Waals surface area contributed by atoms with E-state index in [1.54, 1.807) is 12.3 Å². The van der Waals surface area contributed by atoms with E-state index in [1.807, 2.05) is 18.2 Å². The monoisotopic (exact) mass is 244 g/mol. The van der Waals surface area contributed by atoms with Gasteiger partial charge in [0.25, 0.3) is 0 Å². The largest absolute Gasteiger partial charge is 0.477 e. The van der Waals surface area contributed by atoms with Crippen LogP contribution < -0.4 is 5.73 Å². The van der Waals surface area contributed by atoms with Crippen molar-refractivity contribution in [3.63, 3.8) is 0 Å². The number of rotatable bonds is 5. The van der Waals surface area contributed by atoms with Crippen LogP contribution in [0.5, 0.6) is 0 Å². The van der Waals surface area contributed by atoms with Gasteiger partial charge in [0.1, 0.15) is 5.69 Å². The van der Waals surface area contributed by atoms with Gasteiger partial charge in [-0.25, -0.2) is 4.79 Å². The Balaban J connectivity index is 2.04. The number of carboxylic acids is 1. The average Bonchev–Trinajstić information content (AvgIpc) is 2.85. The molecule has 1 aromatic heterocycles. The molecule has 1 aromatic carbocycles. The summed E-state index contributed by atoms with van der Waals surface area (Å²) in [4.78, 5) is 13.5. The van der Waals surface area contributed by atoms with E-state index in [-0.39, 0.29) is 5.69 Å². The molecule has 1 heterocycles. The van der Waals surface area contributed by atoms with Gasteiger partial charge in [-0.05, 0) is 35.6 Å². The van der Waals surface area contributed by atoms with Crippen LogP contribution in [0.4, 0.5) is 0 Å². The van der Waals surface area contributed by atoms with Crippen molar-refractivity contribution in [3.05, 3.63) is 58.9 Å². The molecule has 0 aliphatic carbocycles. The molecule has 2 aromatic rings. The molecule has 18 heavy (non-hydrogen) atoms. The third-order valence-electron chi connectivity index (χ3n) is 2.99. The number of nitrogens with two attached hydrogens (primary N) is 1. The molecular weight excluding hydrogens is 228 g/mol. The van der Waals surface area contributed by atoms with Crippen molar-refractivity contribution >= 4 is 5.97 Å². The first-order chi connectivity index (χ1) is 8.70. The van der Waals surface area contributed by atoms with Gasteiger partial charge in [0.05, 0.1) is 0 Å². The Bertz CT molecular complexity index is 546. The average molecular weight is 244 g/mol. The van der Waals surface area contributed by atoms with Crippen LogP contribution in [0.3, 0.4) is 0 Å². The summed E-state index contributed by atoms with van der Waals surface area (Å²) in [6.07, 6.45) is 3.42. The smallest absolute Gasteiger partial charge is 0.352 e. The number of hydrogen-bond donors (Lipinski definition) is 3. The van der Waals surface area contributed by atoms with Gasteiger partial charge >= 0.3 is 5.97 Å². The van der Waals surface area contributed by atoms with E-state index in [0.29, 0.717) is 6.54 Å². The van der Waals surface area contributed by atoms with E-state index in [9.17, 15) is 4.79 Å². The van der Waals surface area contributed by atoms with Gasteiger partial charge in [0.15, 0.2) is 0 Å². The van der Waals surface area contributed by atoms with Crippen LogP contribution >= 0.6 is 0 Å². The molecule has 0 spiro atoms. The summed E-state index contributed by atoms with van der Waals surface area (Å²) in [6, 6.07) is 9.73. The van der Waals surface area contributed by atoms with E-state index in [4.69, 9.17) is 10.8 Å². The first-order valence-electron chi connectivity index (χ1n) is 5.88. The summed E-state index contributed by atoms with van der Waals surface area (Å²) >= 11 is 0. The van der Waals surface area contributed by atoms with Crippen LogP contribution in [0.25, 0.3) is 0 Å². The highest BCUT2D eigenvalue weighted by Crippen LogP contribution is 2.13. The number of H-pyrrole nitrogens is 1. The van der Waals surface area contributed by atoms with Gasteiger partial charge < -0.3 is 15.8 Å². The second-order valence-corrected chi connectivity index (χ2v) is 4.20. The zero-order valence-corrected chi connectivity index (χ0v) is 10.0. The Hall–Kier alpha value is -2.07. The summed E-state index contributed by atoms with van der Waals surface area (Å²) in [5, 5.41) is 8.82. The number of carbonyl (C=O) groups is 1. The second-order valence-electron chi connectivity index (χ2n) is 4.20. The molecular formula is C14H16N2O2. The lowest BCUT2D eigenvalue weighted by Gasteiger charge is -2.06. The fraction of sp³-hybridized carbons (Fsp3) is 0.214. The van der Waals surface area contributed by atoms with Crippen LogP contribution in [0.2, 0.25) is 0 Å². The number of hydrogen-bond acceptors (Lipinski definition) is 2. The van der Waals surface area contributed by atoms with Crippen LogP contribution in [0.1, 0.15) is 27.2 Å². The Morgan fingerprint density at radius 3 is 2.56 bits per heavy atom. The SMILES string of the molecule is NCc1ccccc1CCc1c[nH]c(C(=O)O)c1. The normalized spacial score (nSPS) is 10.5. The number of aromatic nitrogens is 1. The van der Waals surface area contributed by atoms with Crippen molar-refractivity contribution in [2.75, 3.05) is 0 Å². The lowest BCUT2D eigenvalue weighted by atomic mass is 10.0. The number of aromatic carboxylic acids is 1. The molecule has 0 aliphatic rings. The minimum Gasteiger partial charge on any atom is -0.477 e. The molecule has 0 saturated heterocycles. The number of benzene rings is 1. The topological polar surface area (TPSA) is 79.1 Å². The van der Waals surface area contributed by atoms with Gasteiger partial charge in [-0.15, -0.1) is 0 Å². The number of aryl methyl sites for hydroxylation is 2. The molecule has 0 unspecified atom stereocenters. The molecule has 94 valence electrons. The zero-order chi connectivity index (χ0) is 13.0. The van der Waals surface area contributed by atoms with E-state index >= 15 is 0 Å². The molecule has 0 saturated carbocycles. The predicted molar refractivity (Wildman–Crippen MR) is 69.5 cm³/mol. The molecule has 4 nitrogen and oxygen atoms in total. The molecule has 4 heteroatoms. The highest BCUT2D eigenvalue weighted by atomic mass is 16.4. The molecule has 4 N–H and O–H groups in total. The summed E-state index contributed by atoms with van der Waals surface area (Å²) < 4.78 is 0. The van der Waals surface area contributed by atoms with Crippen LogP contribution in [-0.2, 0) is 19.4 Å². The van der Waals surface area contributed by atoms with Gasteiger partial charge in [0, 0.05) is 12.7 Å². The molecule has 0 radical (unpaired) electrons. The van der Waals surface area contributed by atoms with Crippen molar-refractivity contribution in [3.8, 4) is 0 Å². The van der Waals surface area contributed by atoms with Crippen LogP contribution in [0.15, 0.2) is 36.5 Å². The first-order valence-corrected chi connectivity index (χ1v) is 5.88. The van der Waals surface area contributed by atoms with Crippen molar-refractivity contribution in [1.82, 2.24) is 4.98 Å². The lowest BCUT2D eigenvalue weighted by molar-refractivity contribution is 0.0691. The molecule has 0 amide bonds. The molecule has 2 rings (SSSR count). The van der Waals surface area contributed by atoms with Gasteiger partial charge in [-0.2, -0.15) is 0 Å². The fourth-order valence-electron chi connectivity index (χ4n) is 1.99. The maximum atomic E-state index is 10.7. The van der Waals surface area contributed by atoms with Gasteiger partial charge in [-0.3, -0.25) is 0 Å². The summed E-state index contributed by atoms with van der Waals surface area (Å²) in [5.74, 6) is -0.927. The van der Waals surface area contributed by atoms with Gasteiger partial charge in [0.2, 0.25) is 0 Å². The molecule has 0 aliphatic heterocycles. The highest BCUT2D eigenvalue weighted by Gasteiger charge is 2.06. The summed E-state index contributed by atoms with van der Waals surface area (Å²) in [7, 11) is 0. The van der Waals surface area contributed by atoms with E-state index in [0.717, 1.165) is 24.0 Å². The first kappa shape index (κ1) is 12.4. The summed E-state index contributed by atoms with van der Waals surface area (Å²) in [5.41, 5.74) is 9.28. The number of aromatic amines is 1. The third-order valence-corrected chi connectivity index (χ3v) is 2.99. The van der Waals surface area contributed by atoms with Crippen molar-refractivity contribution in [2.45, 2.75) is 19.4 Å². The quantitative estimate of drug-likeness (QED) is 0.752. The minimum atomic E-state index is -0.927. The van der Waals surface area contributed by atoms with Crippen LogP contribution in [0, 0.1) is 0 Å². The fourth-order valence-corrected chi connectivity index (χ4v) is 1.99. The third kappa shape index (κ3) is 2.78.